The summed E-state index contributed by atoms with van der Waals surface area (Å²) in [7, 11) is 0. The minimum atomic E-state index is -0.264. The molecule has 3 rings (SSSR count). The van der Waals surface area contributed by atoms with Gasteiger partial charge in [-0.25, -0.2) is 4.98 Å². The van der Waals surface area contributed by atoms with Gasteiger partial charge in [-0.3, -0.25) is 4.79 Å². The molecule has 146 valence electrons. The van der Waals surface area contributed by atoms with E-state index in [-0.39, 0.29) is 11.8 Å². The zero-order valence-corrected chi connectivity index (χ0v) is 18.3. The van der Waals surface area contributed by atoms with E-state index in [9.17, 15) is 4.79 Å². The molecule has 6 heteroatoms. The average Bonchev–Trinajstić information content (AvgIpc) is 3.09. The average molecular weight is 433 g/mol. The Labute approximate surface area is 179 Å². The van der Waals surface area contributed by atoms with Crippen molar-refractivity contribution in [1.82, 2.24) is 4.98 Å². The number of nitrogens with one attached hydrogen (secondary N) is 1. The normalized spacial score (nSPS) is 12.2. The Morgan fingerprint density at radius 2 is 1.82 bits per heavy atom. The van der Waals surface area contributed by atoms with Crippen molar-refractivity contribution in [3.8, 4) is 11.3 Å². The van der Waals surface area contributed by atoms with Crippen molar-refractivity contribution in [1.29, 1.82) is 0 Å². The SMILES string of the molecule is CC(C)Cc1ccc(C(C)C(=O)Nc2nc(-c3ccc(Cl)cc3Cl)cs2)cc1. The highest BCUT2D eigenvalue weighted by Gasteiger charge is 2.17. The number of thiazole rings is 1. The Hall–Kier alpha value is -1.88. The molecule has 1 amide bonds. The Balaban J connectivity index is 1.68. The van der Waals surface area contributed by atoms with E-state index in [1.54, 1.807) is 12.1 Å². The van der Waals surface area contributed by atoms with E-state index in [4.69, 9.17) is 23.2 Å². The highest BCUT2D eigenvalue weighted by Crippen LogP contribution is 2.32. The van der Waals surface area contributed by atoms with Crippen LogP contribution in [-0.4, -0.2) is 10.9 Å². The molecule has 0 radical (unpaired) electrons. The number of rotatable bonds is 6. The lowest BCUT2D eigenvalue weighted by Crippen LogP contribution is -2.18. The van der Waals surface area contributed by atoms with Crippen LogP contribution in [0.2, 0.25) is 10.0 Å². The summed E-state index contributed by atoms with van der Waals surface area (Å²) in [5.41, 5.74) is 3.78. The topological polar surface area (TPSA) is 42.0 Å². The molecule has 1 atom stereocenters. The molecule has 1 heterocycles. The van der Waals surface area contributed by atoms with Gasteiger partial charge in [-0.05, 0) is 48.6 Å². The molecule has 1 unspecified atom stereocenters. The van der Waals surface area contributed by atoms with Gasteiger partial charge in [0.1, 0.15) is 0 Å². The fourth-order valence-electron chi connectivity index (χ4n) is 2.93. The predicted molar refractivity (Wildman–Crippen MR) is 120 cm³/mol. The second kappa shape index (κ2) is 9.08. The van der Waals surface area contributed by atoms with E-state index in [0.29, 0.717) is 26.8 Å². The lowest BCUT2D eigenvalue weighted by molar-refractivity contribution is -0.117. The predicted octanol–water partition coefficient (Wildman–Crippen LogP) is 7.06. The van der Waals surface area contributed by atoms with Crippen LogP contribution in [0.5, 0.6) is 0 Å². The molecular formula is C22H22Cl2N2OS. The maximum absolute atomic E-state index is 12.6. The Morgan fingerprint density at radius 3 is 2.46 bits per heavy atom. The fourth-order valence-corrected chi connectivity index (χ4v) is 4.15. The molecule has 0 fully saturated rings. The number of hydrogen-bond donors (Lipinski definition) is 1. The van der Waals surface area contributed by atoms with Gasteiger partial charge >= 0.3 is 0 Å². The number of nitrogens with zero attached hydrogens (tertiary/aromatic N) is 1. The Morgan fingerprint density at radius 1 is 1.11 bits per heavy atom. The first-order valence-electron chi connectivity index (χ1n) is 9.14. The molecule has 28 heavy (non-hydrogen) atoms. The molecule has 0 saturated carbocycles. The molecule has 2 aromatic carbocycles. The van der Waals surface area contributed by atoms with Crippen molar-refractivity contribution in [2.45, 2.75) is 33.1 Å². The van der Waals surface area contributed by atoms with Crippen LogP contribution in [0.25, 0.3) is 11.3 Å². The number of halogens is 2. The van der Waals surface area contributed by atoms with Gasteiger partial charge in [0.2, 0.25) is 5.91 Å². The monoisotopic (exact) mass is 432 g/mol. The molecule has 3 aromatic rings. The van der Waals surface area contributed by atoms with Crippen molar-refractivity contribution in [2.24, 2.45) is 5.92 Å². The summed E-state index contributed by atoms with van der Waals surface area (Å²) in [4.78, 5) is 17.1. The quantitative estimate of drug-likeness (QED) is 0.452. The van der Waals surface area contributed by atoms with E-state index in [2.05, 4.69) is 36.3 Å². The van der Waals surface area contributed by atoms with E-state index in [1.807, 2.05) is 30.5 Å². The third-order valence-electron chi connectivity index (χ3n) is 4.46. The summed E-state index contributed by atoms with van der Waals surface area (Å²) >= 11 is 13.6. The van der Waals surface area contributed by atoms with E-state index < -0.39 is 0 Å². The number of aromatic nitrogens is 1. The highest BCUT2D eigenvalue weighted by atomic mass is 35.5. The smallest absolute Gasteiger partial charge is 0.233 e. The lowest BCUT2D eigenvalue weighted by atomic mass is 9.96. The van der Waals surface area contributed by atoms with Crippen molar-refractivity contribution in [3.05, 3.63) is 69.0 Å². The van der Waals surface area contributed by atoms with Crippen LogP contribution in [-0.2, 0) is 11.2 Å². The number of carbonyl (C=O) groups excluding carboxylic acids is 1. The zero-order valence-electron chi connectivity index (χ0n) is 16.0. The van der Waals surface area contributed by atoms with Crippen LogP contribution >= 0.6 is 34.5 Å². The van der Waals surface area contributed by atoms with Gasteiger partial charge in [0.25, 0.3) is 0 Å². The number of amides is 1. The Bertz CT molecular complexity index is 967. The summed E-state index contributed by atoms with van der Waals surface area (Å²) in [6.07, 6.45) is 1.04. The van der Waals surface area contributed by atoms with Crippen LogP contribution in [0.1, 0.15) is 37.8 Å². The molecule has 1 aromatic heterocycles. The van der Waals surface area contributed by atoms with Crippen molar-refractivity contribution in [3.63, 3.8) is 0 Å². The minimum Gasteiger partial charge on any atom is -0.301 e. The first kappa shape index (κ1) is 20.8. The molecule has 0 spiro atoms. The molecule has 1 N–H and O–H groups in total. The molecule has 3 nitrogen and oxygen atoms in total. The van der Waals surface area contributed by atoms with Crippen LogP contribution in [0.3, 0.4) is 0 Å². The lowest BCUT2D eigenvalue weighted by Gasteiger charge is -2.12. The third kappa shape index (κ3) is 5.13. The maximum Gasteiger partial charge on any atom is 0.233 e. The first-order valence-corrected chi connectivity index (χ1v) is 10.8. The van der Waals surface area contributed by atoms with Crippen molar-refractivity contribution in [2.75, 3.05) is 5.32 Å². The molecule has 0 aliphatic heterocycles. The van der Waals surface area contributed by atoms with Crippen LogP contribution in [0.15, 0.2) is 47.8 Å². The van der Waals surface area contributed by atoms with E-state index in [0.717, 1.165) is 17.5 Å². The van der Waals surface area contributed by atoms with Gasteiger partial charge < -0.3 is 5.32 Å². The number of benzene rings is 2. The van der Waals surface area contributed by atoms with Gasteiger partial charge in [0.05, 0.1) is 16.6 Å². The van der Waals surface area contributed by atoms with Gasteiger partial charge in [0, 0.05) is 16.0 Å². The van der Waals surface area contributed by atoms with Crippen molar-refractivity contribution >= 4 is 45.6 Å². The molecule has 0 aliphatic carbocycles. The summed E-state index contributed by atoms with van der Waals surface area (Å²) in [6.45, 7) is 6.30. The van der Waals surface area contributed by atoms with Gasteiger partial charge in [-0.2, -0.15) is 0 Å². The minimum absolute atomic E-state index is 0.0836. The summed E-state index contributed by atoms with van der Waals surface area (Å²) < 4.78 is 0. The summed E-state index contributed by atoms with van der Waals surface area (Å²) in [6, 6.07) is 13.5. The van der Waals surface area contributed by atoms with Crippen LogP contribution < -0.4 is 5.32 Å². The number of carbonyl (C=O) groups is 1. The van der Waals surface area contributed by atoms with Gasteiger partial charge in [-0.1, -0.05) is 61.3 Å². The largest absolute Gasteiger partial charge is 0.301 e. The number of anilines is 1. The molecule has 0 aliphatic rings. The zero-order chi connectivity index (χ0) is 20.3. The highest BCUT2D eigenvalue weighted by molar-refractivity contribution is 7.14. The summed E-state index contributed by atoms with van der Waals surface area (Å²) in [5, 5.41) is 6.44. The maximum atomic E-state index is 12.6. The second-order valence-electron chi connectivity index (χ2n) is 7.21. The molecule has 0 saturated heterocycles. The second-order valence-corrected chi connectivity index (χ2v) is 8.91. The fraction of sp³-hybridized carbons (Fsp3) is 0.273. The number of hydrogen-bond acceptors (Lipinski definition) is 3. The van der Waals surface area contributed by atoms with Gasteiger partial charge in [0.15, 0.2) is 5.13 Å². The van der Waals surface area contributed by atoms with Crippen LogP contribution in [0, 0.1) is 5.92 Å². The van der Waals surface area contributed by atoms with E-state index in [1.165, 1.54) is 16.9 Å². The Kier molecular flexibility index (Phi) is 6.76. The van der Waals surface area contributed by atoms with Crippen molar-refractivity contribution < 1.29 is 4.79 Å². The first-order chi connectivity index (χ1) is 13.3. The molecular weight excluding hydrogens is 411 g/mol. The van der Waals surface area contributed by atoms with Crippen LogP contribution in [0.4, 0.5) is 5.13 Å². The standard InChI is InChI=1S/C22H22Cl2N2OS/c1-13(2)10-15-4-6-16(7-5-15)14(3)21(27)26-22-25-20(12-28-22)18-9-8-17(23)11-19(18)24/h4-9,11-14H,10H2,1-3H3,(H,25,26,27). The van der Waals surface area contributed by atoms with E-state index >= 15 is 0 Å². The molecule has 0 bridgehead atoms. The summed E-state index contributed by atoms with van der Waals surface area (Å²) in [5.74, 6) is 0.263. The van der Waals surface area contributed by atoms with Gasteiger partial charge in [-0.15, -0.1) is 11.3 Å². The third-order valence-corrected chi connectivity index (χ3v) is 5.76.